The Balaban J connectivity index is 2.17. The molecule has 0 bridgehead atoms. The summed E-state index contributed by atoms with van der Waals surface area (Å²) in [4.78, 5) is 13.5. The zero-order valence-electron chi connectivity index (χ0n) is 17.2. The van der Waals surface area contributed by atoms with Crippen LogP contribution >= 0.6 is 11.6 Å². The van der Waals surface area contributed by atoms with Crippen molar-refractivity contribution in [1.82, 2.24) is 5.32 Å². The molecule has 30 heavy (non-hydrogen) atoms. The Morgan fingerprint density at radius 1 is 1.23 bits per heavy atom. The molecule has 156 valence electrons. The number of rotatable bonds is 8. The Kier molecular flexibility index (Phi) is 7.28. The van der Waals surface area contributed by atoms with Crippen LogP contribution in [0.4, 0.5) is 0 Å². The van der Waals surface area contributed by atoms with E-state index in [0.717, 1.165) is 18.5 Å². The molecule has 0 fully saturated rings. The average Bonchev–Trinajstić information content (AvgIpc) is 2.73. The summed E-state index contributed by atoms with van der Waals surface area (Å²) in [6.45, 7) is 5.48. The lowest BCUT2D eigenvalue weighted by Crippen LogP contribution is -2.30. The summed E-state index contributed by atoms with van der Waals surface area (Å²) in [5, 5.41) is 13.7. The van der Waals surface area contributed by atoms with E-state index in [9.17, 15) is 10.1 Å². The molecule has 5 nitrogen and oxygen atoms in total. The molecule has 0 spiro atoms. The van der Waals surface area contributed by atoms with Gasteiger partial charge in [0.25, 0.3) is 0 Å². The Hall–Kier alpha value is -2.65. The average molecular weight is 424 g/mol. The van der Waals surface area contributed by atoms with Gasteiger partial charge in [-0.25, -0.2) is 0 Å². The van der Waals surface area contributed by atoms with Gasteiger partial charge in [-0.1, -0.05) is 37.6 Å². The van der Waals surface area contributed by atoms with Crippen LogP contribution in [-0.2, 0) is 6.42 Å². The summed E-state index contributed by atoms with van der Waals surface area (Å²) in [5.41, 5.74) is 8.10. The Morgan fingerprint density at radius 3 is 2.73 bits per heavy atom. The first kappa shape index (κ1) is 22.0. The minimum absolute atomic E-state index is 0.0726. The predicted octanol–water partition coefficient (Wildman–Crippen LogP) is 4.54. The zero-order chi connectivity index (χ0) is 21.7. The van der Waals surface area contributed by atoms with Gasteiger partial charge in [-0.05, 0) is 55.3 Å². The van der Waals surface area contributed by atoms with Crippen LogP contribution in [0.1, 0.15) is 48.8 Å². The standard InChI is InChI=1S/C24H26ClN3O2/c1-15(2)22(28-10-4-9-26)24-20(12-16-5-3-6-17(11-16)14-27)23(29)19-8-7-18(25)13-21(19)30-24/h3,5-8,11,13,15,22,28H,4,9-10,12,26H2,1-2H3. The molecule has 3 aromatic rings. The number of nitrogens with zero attached hydrogens (tertiary/aromatic N) is 1. The summed E-state index contributed by atoms with van der Waals surface area (Å²) in [7, 11) is 0. The molecule has 1 aromatic heterocycles. The van der Waals surface area contributed by atoms with E-state index in [-0.39, 0.29) is 17.4 Å². The van der Waals surface area contributed by atoms with Crippen LogP contribution in [0, 0.1) is 17.2 Å². The fraction of sp³-hybridized carbons (Fsp3) is 0.333. The number of hydrogen-bond donors (Lipinski definition) is 2. The molecule has 0 saturated heterocycles. The lowest BCUT2D eigenvalue weighted by Gasteiger charge is -2.24. The summed E-state index contributed by atoms with van der Waals surface area (Å²) < 4.78 is 6.29. The van der Waals surface area contributed by atoms with Crippen LogP contribution in [0.3, 0.4) is 0 Å². The quantitative estimate of drug-likeness (QED) is 0.519. The van der Waals surface area contributed by atoms with Gasteiger partial charge in [0, 0.05) is 23.1 Å². The van der Waals surface area contributed by atoms with E-state index in [1.165, 1.54) is 0 Å². The van der Waals surface area contributed by atoms with Gasteiger partial charge in [-0.3, -0.25) is 4.79 Å². The highest BCUT2D eigenvalue weighted by atomic mass is 35.5. The fourth-order valence-electron chi connectivity index (χ4n) is 3.59. The number of hydrogen-bond acceptors (Lipinski definition) is 5. The van der Waals surface area contributed by atoms with E-state index >= 15 is 0 Å². The molecular formula is C24H26ClN3O2. The number of fused-ring (bicyclic) bond motifs is 1. The maximum atomic E-state index is 13.5. The third-order valence-electron chi connectivity index (χ3n) is 5.11. The first-order valence-corrected chi connectivity index (χ1v) is 10.5. The maximum absolute atomic E-state index is 13.5. The van der Waals surface area contributed by atoms with Crippen molar-refractivity contribution in [2.24, 2.45) is 11.7 Å². The van der Waals surface area contributed by atoms with Gasteiger partial charge in [0.2, 0.25) is 0 Å². The molecule has 0 radical (unpaired) electrons. The van der Waals surface area contributed by atoms with Crippen LogP contribution in [-0.4, -0.2) is 13.1 Å². The van der Waals surface area contributed by atoms with Crippen molar-refractivity contribution in [3.05, 3.63) is 80.2 Å². The Bertz CT molecular complexity index is 1130. The zero-order valence-corrected chi connectivity index (χ0v) is 18.0. The molecule has 2 aromatic carbocycles. The Morgan fingerprint density at radius 2 is 2.03 bits per heavy atom. The molecule has 1 unspecified atom stereocenters. The third kappa shape index (κ3) is 4.91. The van der Waals surface area contributed by atoms with Crippen molar-refractivity contribution in [3.8, 4) is 6.07 Å². The second kappa shape index (κ2) is 9.90. The van der Waals surface area contributed by atoms with Gasteiger partial charge in [-0.15, -0.1) is 0 Å². The minimum atomic E-state index is -0.151. The van der Waals surface area contributed by atoms with Gasteiger partial charge in [0.05, 0.1) is 23.1 Å². The molecule has 0 aliphatic heterocycles. The number of halogens is 1. The van der Waals surface area contributed by atoms with Gasteiger partial charge < -0.3 is 15.5 Å². The minimum Gasteiger partial charge on any atom is -0.459 e. The van der Waals surface area contributed by atoms with E-state index in [0.29, 0.717) is 45.8 Å². The fourth-order valence-corrected chi connectivity index (χ4v) is 3.75. The molecule has 1 atom stereocenters. The highest BCUT2D eigenvalue weighted by Crippen LogP contribution is 2.29. The Labute approximate surface area is 181 Å². The second-order valence-corrected chi connectivity index (χ2v) is 8.16. The first-order valence-electron chi connectivity index (χ1n) is 10.1. The third-order valence-corrected chi connectivity index (χ3v) is 5.35. The van der Waals surface area contributed by atoms with Crippen LogP contribution in [0.5, 0.6) is 0 Å². The van der Waals surface area contributed by atoms with Crippen molar-refractivity contribution in [2.45, 2.75) is 32.7 Å². The first-order chi connectivity index (χ1) is 14.4. The van der Waals surface area contributed by atoms with E-state index in [2.05, 4.69) is 25.2 Å². The van der Waals surface area contributed by atoms with Gasteiger partial charge in [-0.2, -0.15) is 5.26 Å². The van der Waals surface area contributed by atoms with Crippen LogP contribution in [0.2, 0.25) is 5.02 Å². The summed E-state index contributed by atoms with van der Waals surface area (Å²) in [6, 6.07) is 14.4. The number of nitrogens with one attached hydrogen (secondary N) is 1. The normalized spacial score (nSPS) is 12.3. The van der Waals surface area contributed by atoms with E-state index < -0.39 is 0 Å². The van der Waals surface area contributed by atoms with Crippen LogP contribution in [0.25, 0.3) is 11.0 Å². The summed E-state index contributed by atoms with van der Waals surface area (Å²) in [6.07, 6.45) is 1.21. The van der Waals surface area contributed by atoms with E-state index in [4.69, 9.17) is 21.8 Å². The highest BCUT2D eigenvalue weighted by Gasteiger charge is 2.25. The molecule has 3 N–H and O–H groups in total. The van der Waals surface area contributed by atoms with Crippen LogP contribution in [0.15, 0.2) is 51.7 Å². The van der Waals surface area contributed by atoms with Crippen molar-refractivity contribution in [3.63, 3.8) is 0 Å². The monoisotopic (exact) mass is 423 g/mol. The molecule has 3 rings (SSSR count). The van der Waals surface area contributed by atoms with Gasteiger partial charge in [0.15, 0.2) is 5.43 Å². The SMILES string of the molecule is CC(C)C(NCCCN)c1oc2cc(Cl)ccc2c(=O)c1Cc1cccc(C#N)c1. The molecular weight excluding hydrogens is 398 g/mol. The number of nitrogens with two attached hydrogens (primary N) is 1. The summed E-state index contributed by atoms with van der Waals surface area (Å²) >= 11 is 6.15. The molecule has 0 amide bonds. The number of nitriles is 1. The molecule has 1 heterocycles. The van der Waals surface area contributed by atoms with Gasteiger partial charge >= 0.3 is 0 Å². The lowest BCUT2D eigenvalue weighted by atomic mass is 9.93. The maximum Gasteiger partial charge on any atom is 0.196 e. The number of benzene rings is 2. The molecule has 0 saturated carbocycles. The van der Waals surface area contributed by atoms with E-state index in [1.807, 2.05) is 18.2 Å². The lowest BCUT2D eigenvalue weighted by molar-refractivity contribution is 0.342. The van der Waals surface area contributed by atoms with Gasteiger partial charge in [0.1, 0.15) is 11.3 Å². The predicted molar refractivity (Wildman–Crippen MR) is 121 cm³/mol. The van der Waals surface area contributed by atoms with Crippen LogP contribution < -0.4 is 16.5 Å². The molecule has 6 heteroatoms. The molecule has 0 aliphatic rings. The highest BCUT2D eigenvalue weighted by molar-refractivity contribution is 6.31. The van der Waals surface area contributed by atoms with Crippen molar-refractivity contribution in [1.29, 1.82) is 5.26 Å². The smallest absolute Gasteiger partial charge is 0.196 e. The molecule has 0 aliphatic carbocycles. The topological polar surface area (TPSA) is 92.0 Å². The van der Waals surface area contributed by atoms with E-state index in [1.54, 1.807) is 24.3 Å². The van der Waals surface area contributed by atoms with Crippen molar-refractivity contribution in [2.75, 3.05) is 13.1 Å². The van der Waals surface area contributed by atoms with Crippen molar-refractivity contribution >= 4 is 22.6 Å². The summed E-state index contributed by atoms with van der Waals surface area (Å²) in [5.74, 6) is 0.802. The van der Waals surface area contributed by atoms with Crippen molar-refractivity contribution < 1.29 is 4.42 Å². The largest absolute Gasteiger partial charge is 0.459 e. The second-order valence-electron chi connectivity index (χ2n) is 7.72.